The molecule has 0 bridgehead atoms. The number of ether oxygens (including phenoxy) is 3. The van der Waals surface area contributed by atoms with Gasteiger partial charge in [0.25, 0.3) is 0 Å². The van der Waals surface area contributed by atoms with Gasteiger partial charge in [-0.1, -0.05) is 12.1 Å². The fourth-order valence-corrected chi connectivity index (χ4v) is 2.49. The minimum absolute atomic E-state index is 0.0659. The van der Waals surface area contributed by atoms with Gasteiger partial charge in [-0.05, 0) is 24.6 Å². The second-order valence-corrected chi connectivity index (χ2v) is 5.39. The third-order valence-electron chi connectivity index (χ3n) is 3.62. The number of benzene rings is 1. The summed E-state index contributed by atoms with van der Waals surface area (Å²) in [5, 5.41) is 0. The van der Waals surface area contributed by atoms with E-state index in [9.17, 15) is 4.79 Å². The minimum atomic E-state index is -0.180. The molecule has 1 N–H and O–H groups in total. The van der Waals surface area contributed by atoms with Crippen molar-refractivity contribution in [1.82, 2.24) is 0 Å². The zero-order valence-corrected chi connectivity index (χ0v) is 12.8. The molecule has 0 amide bonds. The largest absolute Gasteiger partial charge is 0.497 e. The van der Waals surface area contributed by atoms with E-state index in [4.69, 9.17) is 14.2 Å². The van der Waals surface area contributed by atoms with Crippen molar-refractivity contribution < 1.29 is 23.9 Å². The Bertz CT molecular complexity index is 440. The first kappa shape index (κ1) is 15.8. The molecule has 0 aliphatic carbocycles. The summed E-state index contributed by atoms with van der Waals surface area (Å²) in [4.78, 5) is 13.4. The third kappa shape index (κ3) is 5.36. The number of morpholine rings is 1. The molecule has 1 aromatic rings. The predicted molar refractivity (Wildman–Crippen MR) is 78.6 cm³/mol. The molecule has 1 fully saturated rings. The highest BCUT2D eigenvalue weighted by Gasteiger charge is 2.19. The van der Waals surface area contributed by atoms with Crippen molar-refractivity contribution in [3.05, 3.63) is 29.8 Å². The number of hydrogen-bond donors (Lipinski definition) is 1. The molecule has 1 aliphatic heterocycles. The van der Waals surface area contributed by atoms with Gasteiger partial charge >= 0.3 is 5.97 Å². The molecule has 0 radical (unpaired) electrons. The monoisotopic (exact) mass is 294 g/mol. The van der Waals surface area contributed by atoms with Crippen LogP contribution in [0.4, 0.5) is 0 Å². The van der Waals surface area contributed by atoms with E-state index in [1.54, 1.807) is 7.11 Å². The number of rotatable bonds is 6. The molecule has 116 valence electrons. The van der Waals surface area contributed by atoms with E-state index in [2.05, 4.69) is 0 Å². The van der Waals surface area contributed by atoms with Crippen LogP contribution in [0.1, 0.15) is 12.5 Å². The van der Waals surface area contributed by atoms with Crippen molar-refractivity contribution in [2.24, 2.45) is 0 Å². The van der Waals surface area contributed by atoms with Gasteiger partial charge in [0.2, 0.25) is 0 Å². The molecule has 0 spiro atoms. The van der Waals surface area contributed by atoms with E-state index in [1.807, 2.05) is 31.2 Å². The molecule has 1 aliphatic rings. The quantitative estimate of drug-likeness (QED) is 0.755. The van der Waals surface area contributed by atoms with Gasteiger partial charge in [0.1, 0.15) is 31.5 Å². The summed E-state index contributed by atoms with van der Waals surface area (Å²) >= 11 is 0. The van der Waals surface area contributed by atoms with Gasteiger partial charge in [-0.25, -0.2) is 0 Å². The molecule has 21 heavy (non-hydrogen) atoms. The van der Waals surface area contributed by atoms with Crippen LogP contribution in [0.2, 0.25) is 0 Å². The maximum atomic E-state index is 11.9. The normalized spacial score (nSPS) is 17.2. The molecule has 0 saturated carbocycles. The van der Waals surface area contributed by atoms with Crippen molar-refractivity contribution in [2.75, 3.05) is 40.0 Å². The Morgan fingerprint density at radius 1 is 1.29 bits per heavy atom. The third-order valence-corrected chi connectivity index (χ3v) is 3.62. The number of quaternary nitrogens is 1. The molecule has 1 saturated heterocycles. The standard InChI is InChI=1S/C16H23NO4/c1-13(12-17-7-9-20-10-8-17)21-16(18)11-14-3-5-15(19-2)6-4-14/h3-6,13H,7-12H2,1-2H3/p+1/t13-/m1/s1. The fraction of sp³-hybridized carbons (Fsp3) is 0.562. The number of esters is 1. The summed E-state index contributed by atoms with van der Waals surface area (Å²) in [5.74, 6) is 0.608. The lowest BCUT2D eigenvalue weighted by atomic mass is 10.1. The molecular formula is C16H24NO4+. The SMILES string of the molecule is COc1ccc(CC(=O)O[C@H](C)C[NH+]2CCOCC2)cc1. The van der Waals surface area contributed by atoms with E-state index < -0.39 is 0 Å². The lowest BCUT2D eigenvalue weighted by Crippen LogP contribution is -3.15. The molecule has 1 heterocycles. The maximum absolute atomic E-state index is 11.9. The predicted octanol–water partition coefficient (Wildman–Crippen LogP) is 0.0845. The highest BCUT2D eigenvalue weighted by molar-refractivity contribution is 5.72. The topological polar surface area (TPSA) is 49.2 Å². The molecule has 1 aromatic carbocycles. The molecular weight excluding hydrogens is 270 g/mol. The zero-order valence-electron chi connectivity index (χ0n) is 12.8. The average Bonchev–Trinajstić information content (AvgIpc) is 2.48. The van der Waals surface area contributed by atoms with Crippen molar-refractivity contribution in [3.63, 3.8) is 0 Å². The number of carbonyl (C=O) groups excluding carboxylic acids is 1. The van der Waals surface area contributed by atoms with Gasteiger partial charge in [0.05, 0.1) is 26.7 Å². The highest BCUT2D eigenvalue weighted by atomic mass is 16.5. The van der Waals surface area contributed by atoms with Crippen LogP contribution in [0.25, 0.3) is 0 Å². The Balaban J connectivity index is 1.74. The first-order chi connectivity index (χ1) is 10.2. The van der Waals surface area contributed by atoms with Crippen molar-refractivity contribution in [1.29, 1.82) is 0 Å². The van der Waals surface area contributed by atoms with E-state index >= 15 is 0 Å². The van der Waals surface area contributed by atoms with Gasteiger partial charge in [-0.15, -0.1) is 0 Å². The summed E-state index contributed by atoms with van der Waals surface area (Å²) in [6.07, 6.45) is 0.233. The summed E-state index contributed by atoms with van der Waals surface area (Å²) in [6.45, 7) is 6.36. The lowest BCUT2D eigenvalue weighted by Gasteiger charge is -2.26. The summed E-state index contributed by atoms with van der Waals surface area (Å²) in [5.41, 5.74) is 0.937. The molecule has 2 rings (SSSR count). The van der Waals surface area contributed by atoms with Crippen molar-refractivity contribution in [3.8, 4) is 5.75 Å². The average molecular weight is 294 g/mol. The van der Waals surface area contributed by atoms with Crippen LogP contribution >= 0.6 is 0 Å². The molecule has 1 atom stereocenters. The van der Waals surface area contributed by atoms with E-state index in [-0.39, 0.29) is 12.1 Å². The maximum Gasteiger partial charge on any atom is 0.310 e. The Morgan fingerprint density at radius 3 is 2.57 bits per heavy atom. The Hall–Kier alpha value is -1.59. The van der Waals surface area contributed by atoms with E-state index in [0.717, 1.165) is 44.2 Å². The van der Waals surface area contributed by atoms with Crippen molar-refractivity contribution in [2.45, 2.75) is 19.4 Å². The Morgan fingerprint density at radius 2 is 1.95 bits per heavy atom. The molecule has 0 aromatic heterocycles. The lowest BCUT2D eigenvalue weighted by molar-refractivity contribution is -0.910. The number of carbonyl (C=O) groups is 1. The summed E-state index contributed by atoms with van der Waals surface area (Å²) in [7, 11) is 1.62. The van der Waals surface area contributed by atoms with Crippen LogP contribution in [0.15, 0.2) is 24.3 Å². The molecule has 0 unspecified atom stereocenters. The number of methoxy groups -OCH3 is 1. The molecule has 5 heteroatoms. The van der Waals surface area contributed by atoms with Crippen LogP contribution in [-0.4, -0.2) is 52.0 Å². The minimum Gasteiger partial charge on any atom is -0.497 e. The van der Waals surface area contributed by atoms with E-state index in [0.29, 0.717) is 6.42 Å². The van der Waals surface area contributed by atoms with E-state index in [1.165, 1.54) is 4.90 Å². The summed E-state index contributed by atoms with van der Waals surface area (Å²) in [6, 6.07) is 7.48. The second kappa shape index (κ2) is 8.00. The van der Waals surface area contributed by atoms with Crippen LogP contribution in [-0.2, 0) is 20.7 Å². The zero-order chi connectivity index (χ0) is 15.1. The van der Waals surface area contributed by atoms with Crippen LogP contribution in [0.3, 0.4) is 0 Å². The van der Waals surface area contributed by atoms with Crippen LogP contribution < -0.4 is 9.64 Å². The Labute approximate surface area is 125 Å². The summed E-state index contributed by atoms with van der Waals surface area (Å²) < 4.78 is 15.9. The van der Waals surface area contributed by atoms with Crippen LogP contribution in [0.5, 0.6) is 5.75 Å². The fourth-order valence-electron chi connectivity index (χ4n) is 2.49. The van der Waals surface area contributed by atoms with Crippen LogP contribution in [0, 0.1) is 0 Å². The first-order valence-corrected chi connectivity index (χ1v) is 7.41. The first-order valence-electron chi connectivity index (χ1n) is 7.41. The number of hydrogen-bond acceptors (Lipinski definition) is 4. The number of nitrogens with one attached hydrogen (secondary N) is 1. The van der Waals surface area contributed by atoms with Gasteiger partial charge < -0.3 is 19.1 Å². The molecule has 5 nitrogen and oxygen atoms in total. The van der Waals surface area contributed by atoms with Gasteiger partial charge in [-0.2, -0.15) is 0 Å². The van der Waals surface area contributed by atoms with Crippen molar-refractivity contribution >= 4 is 5.97 Å². The van der Waals surface area contributed by atoms with Gasteiger partial charge in [0.15, 0.2) is 0 Å². The second-order valence-electron chi connectivity index (χ2n) is 5.39. The Kier molecular flexibility index (Phi) is 6.02. The van der Waals surface area contributed by atoms with Gasteiger partial charge in [-0.3, -0.25) is 4.79 Å². The highest BCUT2D eigenvalue weighted by Crippen LogP contribution is 2.12. The van der Waals surface area contributed by atoms with Gasteiger partial charge in [0, 0.05) is 0 Å². The smallest absolute Gasteiger partial charge is 0.310 e.